The van der Waals surface area contributed by atoms with E-state index >= 15 is 0 Å². The van der Waals surface area contributed by atoms with Gasteiger partial charge in [-0.15, -0.1) is 0 Å². The number of carbonyl (C=O) groups is 1. The average Bonchev–Trinajstić information content (AvgIpc) is 1.81. The summed E-state index contributed by atoms with van der Waals surface area (Å²) in [4.78, 5) is 10.8. The van der Waals surface area contributed by atoms with Crippen LogP contribution in [-0.4, -0.2) is 17.0 Å². The SMILES string of the molecule is CCCC(C(C)=O)C(C)O. The van der Waals surface area contributed by atoms with Gasteiger partial charge in [-0.25, -0.2) is 0 Å². The standard InChI is InChI=1S/C8H16O2/c1-4-5-8(6(2)9)7(3)10/h6,8-9H,4-5H2,1-3H3. The molecule has 0 amide bonds. The highest BCUT2D eigenvalue weighted by Crippen LogP contribution is 2.11. The number of rotatable bonds is 4. The Bertz CT molecular complexity index is 108. The normalized spacial score (nSPS) is 16.4. The third kappa shape index (κ3) is 2.97. The third-order valence-corrected chi connectivity index (χ3v) is 1.70. The maximum absolute atomic E-state index is 10.8. The van der Waals surface area contributed by atoms with Crippen molar-refractivity contribution >= 4 is 5.78 Å². The van der Waals surface area contributed by atoms with Crippen molar-refractivity contribution in [1.82, 2.24) is 0 Å². The highest BCUT2D eigenvalue weighted by molar-refractivity contribution is 5.78. The molecule has 0 rings (SSSR count). The molecule has 0 radical (unpaired) electrons. The summed E-state index contributed by atoms with van der Waals surface area (Å²) >= 11 is 0. The molecule has 0 aliphatic heterocycles. The zero-order chi connectivity index (χ0) is 8.15. The number of aliphatic hydroxyl groups is 1. The molecule has 2 unspecified atom stereocenters. The largest absolute Gasteiger partial charge is 0.393 e. The second kappa shape index (κ2) is 4.45. The number of hydrogen-bond acceptors (Lipinski definition) is 2. The fraction of sp³-hybridized carbons (Fsp3) is 0.875. The minimum absolute atomic E-state index is 0.0943. The Morgan fingerprint density at radius 2 is 2.10 bits per heavy atom. The van der Waals surface area contributed by atoms with Crippen LogP contribution in [0.15, 0.2) is 0 Å². The van der Waals surface area contributed by atoms with Gasteiger partial charge in [-0.1, -0.05) is 13.3 Å². The quantitative estimate of drug-likeness (QED) is 0.647. The van der Waals surface area contributed by atoms with Crippen molar-refractivity contribution in [2.45, 2.75) is 39.7 Å². The molecule has 0 heterocycles. The monoisotopic (exact) mass is 144 g/mol. The zero-order valence-corrected chi connectivity index (χ0v) is 6.92. The van der Waals surface area contributed by atoms with Crippen molar-refractivity contribution in [2.75, 3.05) is 0 Å². The maximum atomic E-state index is 10.8. The molecule has 2 heteroatoms. The number of carbonyl (C=O) groups excluding carboxylic acids is 1. The maximum Gasteiger partial charge on any atom is 0.135 e. The van der Waals surface area contributed by atoms with E-state index in [9.17, 15) is 4.79 Å². The molecule has 0 aromatic heterocycles. The van der Waals surface area contributed by atoms with Crippen molar-refractivity contribution in [1.29, 1.82) is 0 Å². The molecule has 0 saturated carbocycles. The molecule has 0 bridgehead atoms. The van der Waals surface area contributed by atoms with Gasteiger partial charge in [0.15, 0.2) is 0 Å². The van der Waals surface area contributed by atoms with Crippen LogP contribution >= 0.6 is 0 Å². The molecule has 0 aromatic carbocycles. The van der Waals surface area contributed by atoms with E-state index < -0.39 is 6.10 Å². The van der Waals surface area contributed by atoms with Crippen LogP contribution in [0.3, 0.4) is 0 Å². The molecule has 2 atom stereocenters. The number of Topliss-reactive ketones (excluding diaryl/α,β-unsaturated/α-hetero) is 1. The van der Waals surface area contributed by atoms with E-state index in [4.69, 9.17) is 5.11 Å². The number of hydrogen-bond donors (Lipinski definition) is 1. The summed E-state index contributed by atoms with van der Waals surface area (Å²) < 4.78 is 0. The summed E-state index contributed by atoms with van der Waals surface area (Å²) in [6, 6.07) is 0. The van der Waals surface area contributed by atoms with E-state index in [1.165, 1.54) is 6.92 Å². The molecule has 10 heavy (non-hydrogen) atoms. The topological polar surface area (TPSA) is 37.3 Å². The van der Waals surface area contributed by atoms with E-state index in [2.05, 4.69) is 0 Å². The predicted octanol–water partition coefficient (Wildman–Crippen LogP) is 1.37. The Hall–Kier alpha value is -0.370. The summed E-state index contributed by atoms with van der Waals surface area (Å²) in [5, 5.41) is 9.09. The van der Waals surface area contributed by atoms with Crippen molar-refractivity contribution in [3.63, 3.8) is 0 Å². The van der Waals surface area contributed by atoms with Gasteiger partial charge in [0.25, 0.3) is 0 Å². The van der Waals surface area contributed by atoms with Crippen LogP contribution in [0.4, 0.5) is 0 Å². The lowest BCUT2D eigenvalue weighted by Crippen LogP contribution is -2.23. The first-order chi connectivity index (χ1) is 4.59. The smallest absolute Gasteiger partial charge is 0.135 e. The van der Waals surface area contributed by atoms with E-state index in [0.29, 0.717) is 0 Å². The van der Waals surface area contributed by atoms with E-state index in [-0.39, 0.29) is 11.7 Å². The molecule has 1 N–H and O–H groups in total. The van der Waals surface area contributed by atoms with Gasteiger partial charge in [-0.3, -0.25) is 4.79 Å². The van der Waals surface area contributed by atoms with Gasteiger partial charge in [-0.05, 0) is 20.3 Å². The van der Waals surface area contributed by atoms with Crippen LogP contribution in [0.25, 0.3) is 0 Å². The lowest BCUT2D eigenvalue weighted by Gasteiger charge is -2.14. The molecule has 0 aliphatic carbocycles. The summed E-state index contributed by atoms with van der Waals surface area (Å²) in [6.07, 6.45) is 1.26. The molecule has 60 valence electrons. The van der Waals surface area contributed by atoms with Crippen LogP contribution < -0.4 is 0 Å². The minimum atomic E-state index is -0.488. The third-order valence-electron chi connectivity index (χ3n) is 1.70. The fourth-order valence-corrected chi connectivity index (χ4v) is 1.10. The first kappa shape index (κ1) is 9.63. The summed E-state index contributed by atoms with van der Waals surface area (Å²) in [6.45, 7) is 5.22. The van der Waals surface area contributed by atoms with Gasteiger partial charge >= 0.3 is 0 Å². The summed E-state index contributed by atoms with van der Waals surface area (Å²) in [7, 11) is 0. The summed E-state index contributed by atoms with van der Waals surface area (Å²) in [5.41, 5.74) is 0. The van der Waals surface area contributed by atoms with Crippen LogP contribution in [0.1, 0.15) is 33.6 Å². The minimum Gasteiger partial charge on any atom is -0.393 e. The first-order valence-electron chi connectivity index (χ1n) is 3.78. The molecule has 0 spiro atoms. The molecule has 2 nitrogen and oxygen atoms in total. The van der Waals surface area contributed by atoms with Gasteiger partial charge in [0.1, 0.15) is 5.78 Å². The Balaban J connectivity index is 3.85. The van der Waals surface area contributed by atoms with Crippen LogP contribution in [0.5, 0.6) is 0 Å². The van der Waals surface area contributed by atoms with Gasteiger partial charge in [0, 0.05) is 5.92 Å². The lowest BCUT2D eigenvalue weighted by molar-refractivity contribution is -0.124. The van der Waals surface area contributed by atoms with Gasteiger partial charge in [0.05, 0.1) is 6.10 Å². The lowest BCUT2D eigenvalue weighted by atomic mass is 9.94. The molecule has 0 fully saturated rings. The van der Waals surface area contributed by atoms with Crippen LogP contribution in [-0.2, 0) is 4.79 Å². The Kier molecular flexibility index (Phi) is 4.28. The molecule has 0 saturated heterocycles. The zero-order valence-electron chi connectivity index (χ0n) is 6.92. The molecular weight excluding hydrogens is 128 g/mol. The van der Waals surface area contributed by atoms with E-state index in [1.807, 2.05) is 6.92 Å². The summed E-state index contributed by atoms with van der Waals surface area (Å²) in [5.74, 6) is -0.0538. The highest BCUT2D eigenvalue weighted by atomic mass is 16.3. The van der Waals surface area contributed by atoms with Gasteiger partial charge in [-0.2, -0.15) is 0 Å². The number of aliphatic hydroxyl groups excluding tert-OH is 1. The molecular formula is C8H16O2. The second-order valence-electron chi connectivity index (χ2n) is 2.75. The predicted molar refractivity (Wildman–Crippen MR) is 40.8 cm³/mol. The Morgan fingerprint density at radius 1 is 1.60 bits per heavy atom. The first-order valence-corrected chi connectivity index (χ1v) is 3.78. The van der Waals surface area contributed by atoms with E-state index in [1.54, 1.807) is 6.92 Å². The fourth-order valence-electron chi connectivity index (χ4n) is 1.10. The molecule has 0 aliphatic rings. The Morgan fingerprint density at radius 3 is 2.20 bits per heavy atom. The Labute approximate surface area is 62.2 Å². The van der Waals surface area contributed by atoms with Gasteiger partial charge in [0.2, 0.25) is 0 Å². The van der Waals surface area contributed by atoms with Crippen molar-refractivity contribution in [2.24, 2.45) is 5.92 Å². The van der Waals surface area contributed by atoms with Crippen LogP contribution in [0.2, 0.25) is 0 Å². The number of ketones is 1. The highest BCUT2D eigenvalue weighted by Gasteiger charge is 2.17. The molecule has 0 aromatic rings. The van der Waals surface area contributed by atoms with Crippen molar-refractivity contribution < 1.29 is 9.90 Å². The van der Waals surface area contributed by atoms with Crippen LogP contribution in [0, 0.1) is 5.92 Å². The van der Waals surface area contributed by atoms with Gasteiger partial charge < -0.3 is 5.11 Å². The second-order valence-corrected chi connectivity index (χ2v) is 2.75. The van der Waals surface area contributed by atoms with Crippen molar-refractivity contribution in [3.05, 3.63) is 0 Å². The average molecular weight is 144 g/mol. The van der Waals surface area contributed by atoms with E-state index in [0.717, 1.165) is 12.8 Å². The van der Waals surface area contributed by atoms with Crippen molar-refractivity contribution in [3.8, 4) is 0 Å².